The highest BCUT2D eigenvalue weighted by atomic mass is 16.5. The molecule has 0 amide bonds. The van der Waals surface area contributed by atoms with Crippen LogP contribution in [0.1, 0.15) is 6.92 Å². The molecular formula is C12H17N3O2. The second kappa shape index (κ2) is 5.14. The van der Waals surface area contributed by atoms with Gasteiger partial charge in [-0.2, -0.15) is 0 Å². The van der Waals surface area contributed by atoms with E-state index in [0.29, 0.717) is 17.5 Å². The molecule has 0 bridgehead atoms. The van der Waals surface area contributed by atoms with Gasteiger partial charge in [0.25, 0.3) is 0 Å². The molecule has 0 spiro atoms. The van der Waals surface area contributed by atoms with Gasteiger partial charge >= 0.3 is 0 Å². The topological polar surface area (TPSA) is 53.9 Å². The molecule has 1 fully saturated rings. The van der Waals surface area contributed by atoms with Crippen LogP contribution in [0.25, 0.3) is 0 Å². The summed E-state index contributed by atoms with van der Waals surface area (Å²) in [6.07, 6.45) is 0. The number of nitroso groups, excluding NO2 is 1. The van der Waals surface area contributed by atoms with E-state index in [0.717, 1.165) is 25.3 Å². The summed E-state index contributed by atoms with van der Waals surface area (Å²) in [5.41, 5.74) is 1.42. The molecule has 17 heavy (non-hydrogen) atoms. The number of rotatable bonds is 3. The van der Waals surface area contributed by atoms with E-state index in [4.69, 9.17) is 4.74 Å². The molecule has 2 rings (SSSR count). The Balaban J connectivity index is 2.23. The monoisotopic (exact) mass is 235 g/mol. The van der Waals surface area contributed by atoms with Gasteiger partial charge < -0.3 is 15.0 Å². The third-order valence-electron chi connectivity index (χ3n) is 3.00. The van der Waals surface area contributed by atoms with E-state index in [2.05, 4.69) is 22.3 Å². The van der Waals surface area contributed by atoms with Crippen LogP contribution in [0.3, 0.4) is 0 Å². The van der Waals surface area contributed by atoms with Crippen molar-refractivity contribution in [3.63, 3.8) is 0 Å². The summed E-state index contributed by atoms with van der Waals surface area (Å²) in [6.45, 7) is 5.04. The fraction of sp³-hybridized carbons (Fsp3) is 0.500. The van der Waals surface area contributed by atoms with Crippen molar-refractivity contribution < 1.29 is 4.74 Å². The van der Waals surface area contributed by atoms with Crippen molar-refractivity contribution in [1.29, 1.82) is 0 Å². The standard InChI is InChI=1S/C12H17N3O2/c1-9-8-15(6-5-13-9)10-3-4-11(14-16)12(7-10)17-2/h3-4,7,9,13H,5-6,8H2,1-2H3. The van der Waals surface area contributed by atoms with Gasteiger partial charge in [-0.25, -0.2) is 0 Å². The first-order valence-corrected chi connectivity index (χ1v) is 5.74. The number of benzene rings is 1. The minimum Gasteiger partial charge on any atom is -0.494 e. The highest BCUT2D eigenvalue weighted by Gasteiger charge is 2.17. The summed E-state index contributed by atoms with van der Waals surface area (Å²) in [7, 11) is 1.55. The lowest BCUT2D eigenvalue weighted by Gasteiger charge is -2.33. The average Bonchev–Trinajstić information content (AvgIpc) is 2.38. The van der Waals surface area contributed by atoms with Crippen molar-refractivity contribution in [2.24, 2.45) is 5.18 Å². The number of nitrogens with one attached hydrogen (secondary N) is 1. The van der Waals surface area contributed by atoms with E-state index in [9.17, 15) is 4.91 Å². The molecule has 5 nitrogen and oxygen atoms in total. The van der Waals surface area contributed by atoms with Gasteiger partial charge in [0.1, 0.15) is 11.4 Å². The number of piperazine rings is 1. The average molecular weight is 235 g/mol. The van der Waals surface area contributed by atoms with Crippen molar-refractivity contribution in [2.45, 2.75) is 13.0 Å². The van der Waals surface area contributed by atoms with E-state index in [1.807, 2.05) is 12.1 Å². The first kappa shape index (κ1) is 11.9. The molecule has 0 aliphatic carbocycles. The minimum absolute atomic E-state index is 0.347. The van der Waals surface area contributed by atoms with Crippen molar-refractivity contribution in [3.05, 3.63) is 23.1 Å². The smallest absolute Gasteiger partial charge is 0.150 e. The molecule has 1 atom stereocenters. The summed E-state index contributed by atoms with van der Waals surface area (Å²) in [6, 6.07) is 5.96. The zero-order valence-corrected chi connectivity index (χ0v) is 10.1. The van der Waals surface area contributed by atoms with Crippen molar-refractivity contribution >= 4 is 11.4 Å². The van der Waals surface area contributed by atoms with Crippen LogP contribution in [0.2, 0.25) is 0 Å². The highest BCUT2D eigenvalue weighted by molar-refractivity contribution is 5.62. The lowest BCUT2D eigenvalue weighted by atomic mass is 10.2. The van der Waals surface area contributed by atoms with Gasteiger partial charge in [0.05, 0.1) is 7.11 Å². The molecule has 0 saturated carbocycles. The molecule has 0 aromatic heterocycles. The maximum Gasteiger partial charge on any atom is 0.150 e. The molecule has 1 aromatic rings. The molecule has 1 aromatic carbocycles. The van der Waals surface area contributed by atoms with Crippen LogP contribution in [0, 0.1) is 4.91 Å². The predicted octanol–water partition coefficient (Wildman–Crippen LogP) is 1.89. The van der Waals surface area contributed by atoms with Gasteiger partial charge in [-0.15, -0.1) is 4.91 Å². The van der Waals surface area contributed by atoms with Gasteiger partial charge in [-0.05, 0) is 24.2 Å². The Hall–Kier alpha value is -1.62. The fourth-order valence-corrected chi connectivity index (χ4v) is 2.11. The molecule has 1 heterocycles. The van der Waals surface area contributed by atoms with Crippen molar-refractivity contribution in [2.75, 3.05) is 31.6 Å². The predicted molar refractivity (Wildman–Crippen MR) is 68.1 cm³/mol. The van der Waals surface area contributed by atoms with Gasteiger partial charge in [-0.1, -0.05) is 0 Å². The molecule has 1 saturated heterocycles. The summed E-state index contributed by atoms with van der Waals surface area (Å²) in [5.74, 6) is 0.531. The zero-order valence-electron chi connectivity index (χ0n) is 10.1. The number of methoxy groups -OCH3 is 1. The highest BCUT2D eigenvalue weighted by Crippen LogP contribution is 2.32. The van der Waals surface area contributed by atoms with E-state index in [-0.39, 0.29) is 0 Å². The van der Waals surface area contributed by atoms with Crippen LogP contribution in [-0.2, 0) is 0 Å². The third-order valence-corrected chi connectivity index (χ3v) is 3.00. The second-order valence-corrected chi connectivity index (χ2v) is 4.25. The summed E-state index contributed by atoms with van der Waals surface area (Å²) >= 11 is 0. The van der Waals surface area contributed by atoms with Gasteiger partial charge in [0, 0.05) is 37.4 Å². The first-order chi connectivity index (χ1) is 8.24. The Morgan fingerprint density at radius 2 is 2.35 bits per heavy atom. The molecule has 1 aliphatic rings. The summed E-state index contributed by atoms with van der Waals surface area (Å²) in [4.78, 5) is 12.8. The third kappa shape index (κ3) is 2.55. The van der Waals surface area contributed by atoms with Gasteiger partial charge in [0.2, 0.25) is 0 Å². The molecule has 0 radical (unpaired) electrons. The molecule has 1 unspecified atom stereocenters. The normalized spacial score (nSPS) is 20.1. The van der Waals surface area contributed by atoms with E-state index in [1.54, 1.807) is 13.2 Å². The molecule has 1 aliphatic heterocycles. The largest absolute Gasteiger partial charge is 0.494 e. The lowest BCUT2D eigenvalue weighted by molar-refractivity contribution is 0.415. The van der Waals surface area contributed by atoms with Crippen molar-refractivity contribution in [3.8, 4) is 5.75 Å². The van der Waals surface area contributed by atoms with E-state index >= 15 is 0 Å². The van der Waals surface area contributed by atoms with Crippen molar-refractivity contribution in [1.82, 2.24) is 5.32 Å². The van der Waals surface area contributed by atoms with Crippen LogP contribution in [0.15, 0.2) is 23.4 Å². The van der Waals surface area contributed by atoms with Crippen LogP contribution in [-0.4, -0.2) is 32.8 Å². The maximum atomic E-state index is 10.6. The SMILES string of the molecule is COc1cc(N2CCNC(C)C2)ccc1N=O. The Morgan fingerprint density at radius 1 is 1.53 bits per heavy atom. The van der Waals surface area contributed by atoms with E-state index in [1.165, 1.54) is 0 Å². The zero-order chi connectivity index (χ0) is 12.3. The Labute approximate surface area is 101 Å². The molecular weight excluding hydrogens is 218 g/mol. The minimum atomic E-state index is 0.347. The Kier molecular flexibility index (Phi) is 3.58. The Morgan fingerprint density at radius 3 is 3.00 bits per heavy atom. The quantitative estimate of drug-likeness (QED) is 0.813. The molecule has 5 heteroatoms. The lowest BCUT2D eigenvalue weighted by Crippen LogP contribution is -2.49. The molecule has 1 N–H and O–H groups in total. The Bertz CT molecular complexity index is 409. The number of anilines is 1. The number of hydrogen-bond acceptors (Lipinski definition) is 5. The number of ether oxygens (including phenoxy) is 1. The summed E-state index contributed by atoms with van der Waals surface area (Å²) in [5, 5.41) is 6.33. The number of hydrogen-bond donors (Lipinski definition) is 1. The van der Waals surface area contributed by atoms with Gasteiger partial charge in [-0.3, -0.25) is 0 Å². The van der Waals surface area contributed by atoms with Crippen LogP contribution >= 0.6 is 0 Å². The van der Waals surface area contributed by atoms with E-state index < -0.39 is 0 Å². The number of nitrogens with zero attached hydrogens (tertiary/aromatic N) is 2. The first-order valence-electron chi connectivity index (χ1n) is 5.74. The fourth-order valence-electron chi connectivity index (χ4n) is 2.11. The van der Waals surface area contributed by atoms with Crippen LogP contribution < -0.4 is 15.0 Å². The van der Waals surface area contributed by atoms with Crippen LogP contribution in [0.4, 0.5) is 11.4 Å². The molecule has 92 valence electrons. The van der Waals surface area contributed by atoms with Gasteiger partial charge in [0.15, 0.2) is 0 Å². The summed E-state index contributed by atoms with van der Waals surface area (Å²) < 4.78 is 5.16. The van der Waals surface area contributed by atoms with Crippen LogP contribution in [0.5, 0.6) is 5.75 Å². The second-order valence-electron chi connectivity index (χ2n) is 4.25. The maximum absolute atomic E-state index is 10.6.